The number of allylic oxidation sites excluding steroid dienone is 2. The molecule has 0 aliphatic carbocycles. The van der Waals surface area contributed by atoms with Gasteiger partial charge < -0.3 is 21.4 Å². The molecule has 4 N–H and O–H groups in total. The SMILES string of the molecule is N=C/C(=C1/NC(=O)C=C(C2CCNCC2)N1)c1nc(C(F)(F)F)cs1. The third kappa shape index (κ3) is 3.90. The quantitative estimate of drug-likeness (QED) is 0.613. The van der Waals surface area contributed by atoms with Crippen LogP contribution in [0.4, 0.5) is 13.2 Å². The van der Waals surface area contributed by atoms with Gasteiger partial charge in [-0.3, -0.25) is 4.79 Å². The summed E-state index contributed by atoms with van der Waals surface area (Å²) in [6.07, 6.45) is -0.476. The van der Waals surface area contributed by atoms with Crippen LogP contribution in [0.3, 0.4) is 0 Å². The molecule has 0 spiro atoms. The van der Waals surface area contributed by atoms with Gasteiger partial charge in [0.2, 0.25) is 0 Å². The van der Waals surface area contributed by atoms with Gasteiger partial charge in [0.15, 0.2) is 5.69 Å². The molecule has 1 aromatic heterocycles. The van der Waals surface area contributed by atoms with Crippen molar-refractivity contribution < 1.29 is 18.0 Å². The van der Waals surface area contributed by atoms with Crippen LogP contribution >= 0.6 is 11.3 Å². The summed E-state index contributed by atoms with van der Waals surface area (Å²) in [5.41, 5.74) is -0.177. The summed E-state index contributed by atoms with van der Waals surface area (Å²) in [5, 5.41) is 17.3. The molecule has 0 radical (unpaired) electrons. The predicted molar refractivity (Wildman–Crippen MR) is 87.8 cm³/mol. The molecule has 0 atom stereocenters. The lowest BCUT2D eigenvalue weighted by Crippen LogP contribution is -2.41. The number of thiazole rings is 1. The van der Waals surface area contributed by atoms with Gasteiger partial charge in [0.1, 0.15) is 10.8 Å². The summed E-state index contributed by atoms with van der Waals surface area (Å²) in [7, 11) is 0. The Labute approximate surface area is 145 Å². The van der Waals surface area contributed by atoms with Crippen LogP contribution in [0.25, 0.3) is 5.57 Å². The maximum atomic E-state index is 12.7. The normalized spacial score (nSPS) is 21.2. The van der Waals surface area contributed by atoms with Crippen LogP contribution in [0, 0.1) is 11.3 Å². The summed E-state index contributed by atoms with van der Waals surface area (Å²) in [6, 6.07) is 0. The zero-order valence-corrected chi connectivity index (χ0v) is 13.9. The zero-order valence-electron chi connectivity index (χ0n) is 13.0. The third-order valence-corrected chi connectivity index (χ3v) is 4.90. The number of hydrogen-bond donors (Lipinski definition) is 4. The average Bonchev–Trinajstić information content (AvgIpc) is 3.06. The van der Waals surface area contributed by atoms with Gasteiger partial charge in [-0.15, -0.1) is 11.3 Å². The second-order valence-corrected chi connectivity index (χ2v) is 6.56. The maximum absolute atomic E-state index is 12.7. The summed E-state index contributed by atoms with van der Waals surface area (Å²) in [4.78, 5) is 15.5. The van der Waals surface area contributed by atoms with E-state index in [0.29, 0.717) is 5.70 Å². The highest BCUT2D eigenvalue weighted by molar-refractivity contribution is 7.11. The Kier molecular flexibility index (Phi) is 4.91. The van der Waals surface area contributed by atoms with Gasteiger partial charge in [0.25, 0.3) is 5.91 Å². The van der Waals surface area contributed by atoms with Gasteiger partial charge >= 0.3 is 6.18 Å². The fraction of sp³-hybridized carbons (Fsp3) is 0.400. The fourth-order valence-corrected chi connectivity index (χ4v) is 3.62. The molecule has 1 saturated heterocycles. The summed E-state index contributed by atoms with van der Waals surface area (Å²) < 4.78 is 38.2. The maximum Gasteiger partial charge on any atom is 0.434 e. The number of amides is 1. The van der Waals surface area contributed by atoms with Crippen LogP contribution in [-0.4, -0.2) is 30.2 Å². The molecular formula is C15H16F3N5OS. The van der Waals surface area contributed by atoms with E-state index in [1.54, 1.807) is 0 Å². The molecule has 10 heteroatoms. The highest BCUT2D eigenvalue weighted by Gasteiger charge is 2.34. The largest absolute Gasteiger partial charge is 0.434 e. The van der Waals surface area contributed by atoms with Crippen LogP contribution in [0.15, 0.2) is 23.0 Å². The molecule has 25 heavy (non-hydrogen) atoms. The Morgan fingerprint density at radius 3 is 2.64 bits per heavy atom. The molecule has 2 aliphatic rings. The van der Waals surface area contributed by atoms with E-state index < -0.39 is 11.9 Å². The Bertz CT molecular complexity index is 747. The number of alkyl halides is 3. The number of piperidine rings is 1. The molecule has 0 aromatic carbocycles. The minimum absolute atomic E-state index is 0.0247. The van der Waals surface area contributed by atoms with E-state index in [1.807, 2.05) is 0 Å². The van der Waals surface area contributed by atoms with E-state index in [-0.39, 0.29) is 28.2 Å². The smallest absolute Gasteiger partial charge is 0.344 e. The highest BCUT2D eigenvalue weighted by atomic mass is 32.1. The first-order valence-corrected chi connectivity index (χ1v) is 8.54. The van der Waals surface area contributed by atoms with Crippen molar-refractivity contribution in [3.05, 3.63) is 33.7 Å². The number of nitrogens with zero attached hydrogens (tertiary/aromatic N) is 1. The van der Waals surface area contributed by atoms with Crippen LogP contribution in [0.2, 0.25) is 0 Å². The van der Waals surface area contributed by atoms with Gasteiger partial charge in [-0.2, -0.15) is 13.2 Å². The van der Waals surface area contributed by atoms with Gasteiger partial charge in [-0.1, -0.05) is 0 Å². The monoisotopic (exact) mass is 371 g/mol. The summed E-state index contributed by atoms with van der Waals surface area (Å²) in [5.74, 6) is -0.00958. The second kappa shape index (κ2) is 6.96. The molecule has 0 unspecified atom stereocenters. The standard InChI is InChI=1S/C15H16F3N5OS/c16-15(17,18)11-7-25-14(22-11)9(6-19)13-21-10(5-12(24)23-13)8-1-3-20-4-2-8/h5-8,19-21H,1-4H2,(H,23,24)/b13-9-,19-6?. The first kappa shape index (κ1) is 17.6. The fourth-order valence-electron chi connectivity index (χ4n) is 2.77. The number of carbonyl (C=O) groups excluding carboxylic acids is 1. The number of aromatic nitrogens is 1. The number of hydrogen-bond acceptors (Lipinski definition) is 6. The Morgan fingerprint density at radius 2 is 2.04 bits per heavy atom. The topological polar surface area (TPSA) is 89.9 Å². The molecule has 0 bridgehead atoms. The van der Waals surface area contributed by atoms with Crippen molar-refractivity contribution in [2.75, 3.05) is 13.1 Å². The zero-order chi connectivity index (χ0) is 18.0. The van der Waals surface area contributed by atoms with Gasteiger partial charge in [-0.05, 0) is 25.9 Å². The second-order valence-electron chi connectivity index (χ2n) is 5.71. The molecule has 1 aromatic rings. The van der Waals surface area contributed by atoms with Crippen LogP contribution in [0.5, 0.6) is 0 Å². The van der Waals surface area contributed by atoms with Crippen molar-refractivity contribution in [1.29, 1.82) is 5.41 Å². The van der Waals surface area contributed by atoms with Gasteiger partial charge in [-0.25, -0.2) is 4.98 Å². The van der Waals surface area contributed by atoms with Crippen LogP contribution < -0.4 is 16.0 Å². The average molecular weight is 371 g/mol. The van der Waals surface area contributed by atoms with E-state index in [0.717, 1.165) is 48.9 Å². The Hall–Kier alpha value is -2.20. The van der Waals surface area contributed by atoms with E-state index in [2.05, 4.69) is 20.9 Å². The molecule has 3 rings (SSSR count). The van der Waals surface area contributed by atoms with Crippen LogP contribution in [0.1, 0.15) is 23.5 Å². The molecule has 1 fully saturated rings. The van der Waals surface area contributed by atoms with E-state index in [1.165, 1.54) is 6.08 Å². The van der Waals surface area contributed by atoms with E-state index in [9.17, 15) is 18.0 Å². The van der Waals surface area contributed by atoms with Crippen molar-refractivity contribution in [1.82, 2.24) is 20.9 Å². The van der Waals surface area contributed by atoms with E-state index in [4.69, 9.17) is 5.41 Å². The molecule has 0 saturated carbocycles. The minimum atomic E-state index is -4.55. The first-order valence-electron chi connectivity index (χ1n) is 7.66. The Balaban J connectivity index is 1.91. The number of nitrogens with one attached hydrogen (secondary N) is 4. The van der Waals surface area contributed by atoms with Crippen molar-refractivity contribution >= 4 is 29.0 Å². The molecule has 3 heterocycles. The van der Waals surface area contributed by atoms with Crippen molar-refractivity contribution in [2.24, 2.45) is 5.92 Å². The predicted octanol–water partition coefficient (Wildman–Crippen LogP) is 2.08. The lowest BCUT2D eigenvalue weighted by Gasteiger charge is -2.29. The highest BCUT2D eigenvalue weighted by Crippen LogP contribution is 2.32. The Morgan fingerprint density at radius 1 is 1.32 bits per heavy atom. The van der Waals surface area contributed by atoms with Crippen molar-refractivity contribution in [2.45, 2.75) is 19.0 Å². The third-order valence-electron chi connectivity index (χ3n) is 4.02. The summed E-state index contributed by atoms with van der Waals surface area (Å²) >= 11 is 0.780. The van der Waals surface area contributed by atoms with Crippen LogP contribution in [-0.2, 0) is 11.0 Å². The van der Waals surface area contributed by atoms with Gasteiger partial charge in [0, 0.05) is 29.3 Å². The number of rotatable bonds is 3. The summed E-state index contributed by atoms with van der Waals surface area (Å²) in [6.45, 7) is 1.67. The van der Waals surface area contributed by atoms with Crippen molar-refractivity contribution in [3.63, 3.8) is 0 Å². The molecule has 2 aliphatic heterocycles. The minimum Gasteiger partial charge on any atom is -0.344 e. The number of carbonyl (C=O) groups is 1. The molecule has 134 valence electrons. The van der Waals surface area contributed by atoms with Gasteiger partial charge in [0.05, 0.1) is 5.57 Å². The number of halogens is 3. The first-order chi connectivity index (χ1) is 11.9. The lowest BCUT2D eigenvalue weighted by molar-refractivity contribution is -0.140. The van der Waals surface area contributed by atoms with Crippen molar-refractivity contribution in [3.8, 4) is 0 Å². The molecule has 1 amide bonds. The lowest BCUT2D eigenvalue weighted by atomic mass is 9.93. The van der Waals surface area contributed by atoms with E-state index >= 15 is 0 Å². The molecular weight excluding hydrogens is 355 g/mol. The molecule has 6 nitrogen and oxygen atoms in total.